The van der Waals surface area contributed by atoms with Crippen LogP contribution in [0.15, 0.2) is 17.4 Å². The van der Waals surface area contributed by atoms with Crippen molar-refractivity contribution in [3.05, 3.63) is 18.0 Å². The number of hydrogen-bond donors (Lipinski definition) is 2. The second-order valence-corrected chi connectivity index (χ2v) is 9.37. The summed E-state index contributed by atoms with van der Waals surface area (Å²) in [4.78, 5) is 9.84. The number of likely N-dealkylation sites (tertiary alicyclic amines) is 1. The maximum absolute atomic E-state index is 4.93. The second-order valence-electron chi connectivity index (χ2n) is 9.37. The smallest absolute Gasteiger partial charge is 0.191 e. The number of aromatic nitrogens is 2. The van der Waals surface area contributed by atoms with E-state index in [1.807, 2.05) is 17.9 Å². The first-order chi connectivity index (χ1) is 14.5. The third kappa shape index (κ3) is 8.53. The van der Waals surface area contributed by atoms with Gasteiger partial charge in [-0.05, 0) is 52.6 Å². The molecule has 1 aliphatic carbocycles. The molecule has 0 aromatic carbocycles. The fourth-order valence-electron chi connectivity index (χ4n) is 4.86. The summed E-state index contributed by atoms with van der Waals surface area (Å²) in [6.07, 6.45) is 13.7. The van der Waals surface area contributed by atoms with Crippen LogP contribution in [0.5, 0.6) is 0 Å². The number of aryl methyl sites for hydroxylation is 1. The molecule has 1 atom stereocenters. The van der Waals surface area contributed by atoms with Gasteiger partial charge in [0.25, 0.3) is 0 Å². The van der Waals surface area contributed by atoms with Gasteiger partial charge in [-0.3, -0.25) is 9.67 Å². The average Bonchev–Trinajstić information content (AvgIpc) is 3.16. The Morgan fingerprint density at radius 1 is 1.19 bits per heavy atom. The first-order valence-corrected chi connectivity index (χ1v) is 12.0. The molecule has 0 spiro atoms. The first kappa shape index (κ1) is 26.4. The normalized spacial score (nSPS) is 20.5. The Balaban J connectivity index is 0.00000341. The van der Waals surface area contributed by atoms with Crippen molar-refractivity contribution >= 4 is 29.9 Å². The molecule has 1 aromatic heterocycles. The van der Waals surface area contributed by atoms with E-state index in [-0.39, 0.29) is 30.0 Å². The van der Waals surface area contributed by atoms with Gasteiger partial charge in [-0.2, -0.15) is 5.10 Å². The Bertz CT molecular complexity index is 646. The van der Waals surface area contributed by atoms with Crippen LogP contribution in [0, 0.1) is 5.92 Å². The first-order valence-electron chi connectivity index (χ1n) is 12.0. The van der Waals surface area contributed by atoms with Crippen LogP contribution in [0.2, 0.25) is 0 Å². The van der Waals surface area contributed by atoms with Gasteiger partial charge < -0.3 is 20.4 Å². The Labute approximate surface area is 206 Å². The third-order valence-corrected chi connectivity index (χ3v) is 6.67. The minimum atomic E-state index is 0. The van der Waals surface area contributed by atoms with Crippen molar-refractivity contribution in [2.24, 2.45) is 18.0 Å². The van der Waals surface area contributed by atoms with Gasteiger partial charge in [0.15, 0.2) is 5.96 Å². The quantitative estimate of drug-likeness (QED) is 0.299. The predicted molar refractivity (Wildman–Crippen MR) is 140 cm³/mol. The van der Waals surface area contributed by atoms with Crippen LogP contribution in [0.25, 0.3) is 0 Å². The number of likely N-dealkylation sites (N-methyl/N-ethyl adjacent to an activating group) is 1. The predicted octanol–water partition coefficient (Wildman–Crippen LogP) is 3.24. The van der Waals surface area contributed by atoms with Crippen molar-refractivity contribution in [3.63, 3.8) is 0 Å². The van der Waals surface area contributed by atoms with Crippen molar-refractivity contribution < 1.29 is 0 Å². The van der Waals surface area contributed by atoms with E-state index in [2.05, 4.69) is 52.7 Å². The van der Waals surface area contributed by atoms with Crippen LogP contribution >= 0.6 is 24.0 Å². The average molecular weight is 546 g/mol. The lowest BCUT2D eigenvalue weighted by Crippen LogP contribution is -2.49. The molecule has 7 nitrogen and oxygen atoms in total. The van der Waals surface area contributed by atoms with Gasteiger partial charge in [0.2, 0.25) is 0 Å². The van der Waals surface area contributed by atoms with E-state index >= 15 is 0 Å². The second kappa shape index (κ2) is 13.6. The fourth-order valence-corrected chi connectivity index (χ4v) is 4.86. The SMILES string of the molecule is CCNC(=NCC(c1cnn(C)c1)N(C)C)NC1CCN(CC2CCCCC2)CC1.I. The Morgan fingerprint density at radius 3 is 2.48 bits per heavy atom. The van der Waals surface area contributed by atoms with E-state index in [0.717, 1.165) is 18.4 Å². The minimum Gasteiger partial charge on any atom is -0.357 e. The summed E-state index contributed by atoms with van der Waals surface area (Å²) in [6, 6.07) is 0.744. The van der Waals surface area contributed by atoms with Crippen LogP contribution in [-0.2, 0) is 7.05 Å². The van der Waals surface area contributed by atoms with Gasteiger partial charge in [-0.15, -0.1) is 24.0 Å². The number of rotatable bonds is 8. The molecule has 2 heterocycles. The zero-order chi connectivity index (χ0) is 21.3. The standard InChI is InChI=1S/C23H43N7.HI/c1-5-24-23(25-16-22(28(2)3)20-15-26-29(4)18-20)27-21-11-13-30(14-12-21)17-19-9-7-6-8-10-19;/h15,18-19,21-22H,5-14,16-17H2,1-4H3,(H2,24,25,27);1H. The molecular weight excluding hydrogens is 501 g/mol. The molecule has 8 heteroatoms. The van der Waals surface area contributed by atoms with Crippen LogP contribution in [0.4, 0.5) is 0 Å². The van der Waals surface area contributed by atoms with Gasteiger partial charge in [-0.25, -0.2) is 0 Å². The number of nitrogens with one attached hydrogen (secondary N) is 2. The molecule has 1 unspecified atom stereocenters. The van der Waals surface area contributed by atoms with Gasteiger partial charge in [-0.1, -0.05) is 19.3 Å². The molecular formula is C23H44IN7. The van der Waals surface area contributed by atoms with Crippen molar-refractivity contribution in [3.8, 4) is 0 Å². The van der Waals surface area contributed by atoms with E-state index in [0.29, 0.717) is 12.6 Å². The molecule has 1 saturated carbocycles. The van der Waals surface area contributed by atoms with E-state index in [1.54, 1.807) is 0 Å². The minimum absolute atomic E-state index is 0. The molecule has 178 valence electrons. The van der Waals surface area contributed by atoms with Crippen molar-refractivity contribution in [2.45, 2.75) is 64.0 Å². The fraction of sp³-hybridized carbons (Fsp3) is 0.826. The number of aliphatic imine (C=N–C) groups is 1. The van der Waals surface area contributed by atoms with Gasteiger partial charge in [0, 0.05) is 51.0 Å². The Morgan fingerprint density at radius 2 is 1.90 bits per heavy atom. The lowest BCUT2D eigenvalue weighted by molar-refractivity contribution is 0.160. The third-order valence-electron chi connectivity index (χ3n) is 6.67. The highest BCUT2D eigenvalue weighted by atomic mass is 127. The van der Waals surface area contributed by atoms with Crippen LogP contribution in [0.3, 0.4) is 0 Å². The van der Waals surface area contributed by atoms with Crippen molar-refractivity contribution in [1.29, 1.82) is 0 Å². The molecule has 0 radical (unpaired) electrons. The molecule has 2 aliphatic rings. The van der Waals surface area contributed by atoms with Gasteiger partial charge in [0.05, 0.1) is 18.8 Å². The molecule has 31 heavy (non-hydrogen) atoms. The Kier molecular flexibility index (Phi) is 11.6. The maximum atomic E-state index is 4.93. The van der Waals surface area contributed by atoms with Crippen LogP contribution in [-0.4, -0.2) is 78.4 Å². The van der Waals surface area contributed by atoms with Crippen molar-refractivity contribution in [2.75, 3.05) is 46.8 Å². The summed E-state index contributed by atoms with van der Waals surface area (Å²) in [7, 11) is 6.18. The number of hydrogen-bond acceptors (Lipinski definition) is 4. The zero-order valence-electron chi connectivity index (χ0n) is 20.0. The van der Waals surface area contributed by atoms with E-state index in [9.17, 15) is 0 Å². The molecule has 2 fully saturated rings. The summed E-state index contributed by atoms with van der Waals surface area (Å²) in [5, 5.41) is 11.5. The summed E-state index contributed by atoms with van der Waals surface area (Å²) in [5.74, 6) is 1.89. The molecule has 3 rings (SSSR count). The number of guanidine groups is 1. The summed E-state index contributed by atoms with van der Waals surface area (Å²) in [6.45, 7) is 7.47. The largest absolute Gasteiger partial charge is 0.357 e. The monoisotopic (exact) mass is 545 g/mol. The highest BCUT2D eigenvalue weighted by Crippen LogP contribution is 2.25. The maximum Gasteiger partial charge on any atom is 0.191 e. The topological polar surface area (TPSA) is 60.7 Å². The molecule has 0 bridgehead atoms. The molecule has 1 aromatic rings. The molecule has 0 amide bonds. The Hall–Kier alpha value is -0.870. The summed E-state index contributed by atoms with van der Waals surface area (Å²) in [5.41, 5.74) is 1.21. The molecule has 1 aliphatic heterocycles. The van der Waals surface area contributed by atoms with Crippen molar-refractivity contribution in [1.82, 2.24) is 30.2 Å². The number of nitrogens with zero attached hydrogens (tertiary/aromatic N) is 5. The lowest BCUT2D eigenvalue weighted by atomic mass is 9.88. The van der Waals surface area contributed by atoms with Gasteiger partial charge >= 0.3 is 0 Å². The van der Waals surface area contributed by atoms with Crippen LogP contribution < -0.4 is 10.6 Å². The van der Waals surface area contributed by atoms with E-state index < -0.39 is 0 Å². The van der Waals surface area contributed by atoms with Crippen LogP contribution in [0.1, 0.15) is 63.5 Å². The lowest BCUT2D eigenvalue weighted by Gasteiger charge is -2.36. The molecule has 1 saturated heterocycles. The number of halogens is 1. The highest BCUT2D eigenvalue weighted by Gasteiger charge is 2.23. The summed E-state index contributed by atoms with van der Waals surface area (Å²) < 4.78 is 1.86. The van der Waals surface area contributed by atoms with E-state index in [4.69, 9.17) is 4.99 Å². The number of piperidine rings is 1. The summed E-state index contributed by atoms with van der Waals surface area (Å²) >= 11 is 0. The highest BCUT2D eigenvalue weighted by molar-refractivity contribution is 14.0. The zero-order valence-corrected chi connectivity index (χ0v) is 22.3. The van der Waals surface area contributed by atoms with Gasteiger partial charge in [0.1, 0.15) is 0 Å². The molecule has 2 N–H and O–H groups in total. The van der Waals surface area contributed by atoms with E-state index in [1.165, 1.54) is 70.1 Å².